The third-order valence-corrected chi connectivity index (χ3v) is 3.08. The lowest BCUT2D eigenvalue weighted by Gasteiger charge is -1.93. The smallest absolute Gasteiger partial charge is 0.267 e. The minimum atomic E-state index is -0.198. The number of hydrogen-bond acceptors (Lipinski definition) is 3. The van der Waals surface area contributed by atoms with Crippen molar-refractivity contribution in [1.29, 1.82) is 0 Å². The third kappa shape index (κ3) is 1.88. The van der Waals surface area contributed by atoms with Crippen LogP contribution in [0.15, 0.2) is 28.4 Å². The first-order valence-corrected chi connectivity index (χ1v) is 5.92. The Labute approximate surface area is 104 Å². The maximum Gasteiger partial charge on any atom is 0.267 e. The van der Waals surface area contributed by atoms with Gasteiger partial charge in [-0.15, -0.1) is 10.2 Å². The number of fused-ring (bicyclic) bond motifs is 1. The normalized spacial score (nSPS) is 15.6. The number of hydrogen-bond donors (Lipinski definition) is 2. The minimum Gasteiger partial charge on any atom is -0.493 e. The van der Waals surface area contributed by atoms with Gasteiger partial charge in [-0.2, -0.15) is 0 Å². The fraction of sp³-hybridized carbons (Fsp3) is 0.308. The SMILES string of the molecule is Cc1ccc2[nH]c(O)c(N=NC(=O)C3CC3)c2c1. The summed E-state index contributed by atoms with van der Waals surface area (Å²) in [5.41, 5.74) is 2.18. The van der Waals surface area contributed by atoms with Crippen LogP contribution in [0.4, 0.5) is 5.69 Å². The second-order valence-electron chi connectivity index (χ2n) is 4.68. The van der Waals surface area contributed by atoms with Crippen LogP contribution in [-0.2, 0) is 4.79 Å². The summed E-state index contributed by atoms with van der Waals surface area (Å²) in [6, 6.07) is 5.71. The van der Waals surface area contributed by atoms with E-state index >= 15 is 0 Å². The Balaban J connectivity index is 2.01. The first-order chi connectivity index (χ1) is 8.65. The zero-order chi connectivity index (χ0) is 12.7. The average Bonchev–Trinajstić information content (AvgIpc) is 3.12. The highest BCUT2D eigenvalue weighted by Gasteiger charge is 2.29. The topological polar surface area (TPSA) is 77.8 Å². The summed E-state index contributed by atoms with van der Waals surface area (Å²) in [7, 11) is 0. The molecule has 18 heavy (non-hydrogen) atoms. The van der Waals surface area contributed by atoms with Gasteiger partial charge < -0.3 is 10.1 Å². The zero-order valence-corrected chi connectivity index (χ0v) is 9.97. The van der Waals surface area contributed by atoms with E-state index in [0.29, 0.717) is 5.69 Å². The van der Waals surface area contributed by atoms with Crippen LogP contribution in [0.3, 0.4) is 0 Å². The molecule has 3 rings (SSSR count). The number of rotatable bonds is 2. The predicted molar refractivity (Wildman–Crippen MR) is 66.9 cm³/mol. The Morgan fingerprint density at radius 2 is 2.22 bits per heavy atom. The van der Waals surface area contributed by atoms with E-state index < -0.39 is 0 Å². The molecule has 0 atom stereocenters. The lowest BCUT2D eigenvalue weighted by molar-refractivity contribution is -0.119. The Hall–Kier alpha value is -2.17. The summed E-state index contributed by atoms with van der Waals surface area (Å²) in [6.45, 7) is 1.96. The summed E-state index contributed by atoms with van der Waals surface area (Å²) in [6.07, 6.45) is 1.80. The van der Waals surface area contributed by atoms with Crippen LogP contribution in [-0.4, -0.2) is 16.0 Å². The van der Waals surface area contributed by atoms with Gasteiger partial charge >= 0.3 is 0 Å². The van der Waals surface area contributed by atoms with Gasteiger partial charge in [0.25, 0.3) is 5.91 Å². The molecule has 1 saturated carbocycles. The monoisotopic (exact) mass is 243 g/mol. The maximum atomic E-state index is 11.5. The number of aromatic hydroxyl groups is 1. The molecular weight excluding hydrogens is 230 g/mol. The first kappa shape index (κ1) is 11.0. The fourth-order valence-corrected chi connectivity index (χ4v) is 1.89. The number of azo groups is 1. The number of benzene rings is 1. The van der Waals surface area contributed by atoms with Gasteiger partial charge in [0.05, 0.1) is 5.52 Å². The number of amides is 1. The highest BCUT2D eigenvalue weighted by molar-refractivity contribution is 5.95. The number of carbonyl (C=O) groups excluding carboxylic acids is 1. The lowest BCUT2D eigenvalue weighted by Crippen LogP contribution is -1.92. The van der Waals surface area contributed by atoms with Crippen molar-refractivity contribution in [2.24, 2.45) is 16.1 Å². The van der Waals surface area contributed by atoms with Crippen LogP contribution < -0.4 is 0 Å². The van der Waals surface area contributed by atoms with E-state index in [4.69, 9.17) is 0 Å². The van der Waals surface area contributed by atoms with Crippen molar-refractivity contribution in [1.82, 2.24) is 4.98 Å². The van der Waals surface area contributed by atoms with Crippen molar-refractivity contribution >= 4 is 22.5 Å². The van der Waals surface area contributed by atoms with Crippen molar-refractivity contribution < 1.29 is 9.90 Å². The zero-order valence-electron chi connectivity index (χ0n) is 9.97. The molecule has 5 heteroatoms. The molecule has 1 aliphatic rings. The second kappa shape index (κ2) is 3.94. The van der Waals surface area contributed by atoms with Gasteiger partial charge in [-0.1, -0.05) is 11.6 Å². The number of aromatic nitrogens is 1. The van der Waals surface area contributed by atoms with Crippen LogP contribution in [0.5, 0.6) is 5.88 Å². The minimum absolute atomic E-state index is 0.0443. The van der Waals surface area contributed by atoms with Gasteiger partial charge in [0, 0.05) is 11.3 Å². The molecule has 1 aliphatic carbocycles. The van der Waals surface area contributed by atoms with E-state index in [-0.39, 0.29) is 17.7 Å². The van der Waals surface area contributed by atoms with Crippen LogP contribution in [0.1, 0.15) is 18.4 Å². The number of nitrogens with zero attached hydrogens (tertiary/aromatic N) is 2. The number of aryl methyl sites for hydroxylation is 1. The highest BCUT2D eigenvalue weighted by Crippen LogP contribution is 2.37. The summed E-state index contributed by atoms with van der Waals surface area (Å²) in [4.78, 5) is 14.3. The van der Waals surface area contributed by atoms with E-state index in [9.17, 15) is 9.90 Å². The molecule has 0 saturated heterocycles. The molecule has 1 aromatic carbocycles. The molecule has 0 unspecified atom stereocenters. The predicted octanol–water partition coefficient (Wildman–Crippen LogP) is 3.20. The third-order valence-electron chi connectivity index (χ3n) is 3.08. The lowest BCUT2D eigenvalue weighted by atomic mass is 10.2. The Kier molecular flexibility index (Phi) is 2.40. The Bertz CT molecular complexity index is 654. The molecule has 0 radical (unpaired) electrons. The molecule has 0 bridgehead atoms. The fourth-order valence-electron chi connectivity index (χ4n) is 1.89. The average molecular weight is 243 g/mol. The second-order valence-corrected chi connectivity index (χ2v) is 4.68. The first-order valence-electron chi connectivity index (χ1n) is 5.92. The summed E-state index contributed by atoms with van der Waals surface area (Å²) >= 11 is 0. The van der Waals surface area contributed by atoms with Crippen molar-refractivity contribution in [2.75, 3.05) is 0 Å². The van der Waals surface area contributed by atoms with Gasteiger partial charge in [0.15, 0.2) is 5.69 Å². The molecule has 5 nitrogen and oxygen atoms in total. The van der Waals surface area contributed by atoms with Crippen molar-refractivity contribution in [3.05, 3.63) is 23.8 Å². The summed E-state index contributed by atoms with van der Waals surface area (Å²) in [5, 5.41) is 18.1. The van der Waals surface area contributed by atoms with Crippen LogP contribution in [0.2, 0.25) is 0 Å². The van der Waals surface area contributed by atoms with Gasteiger partial charge in [0.1, 0.15) is 0 Å². The van der Waals surface area contributed by atoms with Crippen LogP contribution in [0.25, 0.3) is 10.9 Å². The molecule has 1 aromatic heterocycles. The van der Waals surface area contributed by atoms with Crippen molar-refractivity contribution in [3.63, 3.8) is 0 Å². The standard InChI is InChI=1S/C13H13N3O2/c1-7-2-5-10-9(6-7)11(13(18)14-10)15-16-12(17)8-3-4-8/h2,5-6,8,14,18H,3-4H2,1H3. The van der Waals surface area contributed by atoms with E-state index in [1.807, 2.05) is 25.1 Å². The van der Waals surface area contributed by atoms with Gasteiger partial charge in [-0.25, -0.2) is 0 Å². The molecule has 2 aromatic rings. The van der Waals surface area contributed by atoms with Gasteiger partial charge in [-0.05, 0) is 31.9 Å². The quantitative estimate of drug-likeness (QED) is 0.794. The summed E-state index contributed by atoms with van der Waals surface area (Å²) in [5.74, 6) is -0.206. The molecule has 0 aliphatic heterocycles. The summed E-state index contributed by atoms with van der Waals surface area (Å²) < 4.78 is 0. The molecule has 1 heterocycles. The number of nitrogens with one attached hydrogen (secondary N) is 1. The largest absolute Gasteiger partial charge is 0.493 e. The van der Waals surface area contributed by atoms with Gasteiger partial charge in [0.2, 0.25) is 5.88 Å². The number of carbonyl (C=O) groups is 1. The molecule has 1 amide bonds. The van der Waals surface area contributed by atoms with Gasteiger partial charge in [-0.3, -0.25) is 4.79 Å². The highest BCUT2D eigenvalue weighted by atomic mass is 16.3. The molecule has 2 N–H and O–H groups in total. The Morgan fingerprint density at radius 1 is 1.44 bits per heavy atom. The van der Waals surface area contributed by atoms with E-state index in [0.717, 1.165) is 29.3 Å². The van der Waals surface area contributed by atoms with Crippen molar-refractivity contribution in [2.45, 2.75) is 19.8 Å². The van der Waals surface area contributed by atoms with E-state index in [2.05, 4.69) is 15.2 Å². The molecule has 0 spiro atoms. The Morgan fingerprint density at radius 3 is 2.94 bits per heavy atom. The molecule has 1 fully saturated rings. The van der Waals surface area contributed by atoms with Crippen LogP contribution in [0, 0.1) is 12.8 Å². The number of aromatic amines is 1. The molecular formula is C13H13N3O2. The maximum absolute atomic E-state index is 11.5. The van der Waals surface area contributed by atoms with E-state index in [1.54, 1.807) is 0 Å². The van der Waals surface area contributed by atoms with Crippen LogP contribution >= 0.6 is 0 Å². The van der Waals surface area contributed by atoms with Crippen molar-refractivity contribution in [3.8, 4) is 5.88 Å². The number of H-pyrrole nitrogens is 1. The van der Waals surface area contributed by atoms with E-state index in [1.165, 1.54) is 0 Å². The molecule has 92 valence electrons.